The summed E-state index contributed by atoms with van der Waals surface area (Å²) in [5, 5.41) is 0. The Hall–Kier alpha value is -2.12. The van der Waals surface area contributed by atoms with E-state index >= 15 is 0 Å². The molecule has 0 N–H and O–H groups in total. The van der Waals surface area contributed by atoms with Crippen LogP contribution in [0.5, 0.6) is 0 Å². The molecule has 1 rings (SSSR count). The van der Waals surface area contributed by atoms with Gasteiger partial charge in [0.1, 0.15) is 0 Å². The molecular formula is C16H13F11O3. The summed E-state index contributed by atoms with van der Waals surface area (Å²) in [5.41, 5.74) is -0.504. The number of carbonyl (C=O) groups is 1. The summed E-state index contributed by atoms with van der Waals surface area (Å²) < 4.78 is 153. The molecule has 172 valence electrons. The van der Waals surface area contributed by atoms with Crippen LogP contribution in [0.3, 0.4) is 0 Å². The van der Waals surface area contributed by atoms with Crippen molar-refractivity contribution >= 4 is 5.97 Å². The van der Waals surface area contributed by atoms with Crippen LogP contribution >= 0.6 is 0 Å². The lowest BCUT2D eigenvalue weighted by Gasteiger charge is -2.38. The maximum atomic E-state index is 13.9. The Morgan fingerprint density at radius 2 is 1.27 bits per heavy atom. The maximum Gasteiger partial charge on any atom is 0.460 e. The molecule has 1 unspecified atom stereocenters. The molecule has 14 heteroatoms. The molecule has 0 heterocycles. The molecule has 1 aromatic carbocycles. The summed E-state index contributed by atoms with van der Waals surface area (Å²) in [6.07, 6.45) is -11.7. The van der Waals surface area contributed by atoms with E-state index in [9.17, 15) is 53.1 Å². The number of ether oxygens (including phenoxy) is 2. The minimum Gasteiger partial charge on any atom is -0.465 e. The third-order valence-electron chi connectivity index (χ3n) is 4.03. The van der Waals surface area contributed by atoms with E-state index in [1.807, 2.05) is 0 Å². The van der Waals surface area contributed by atoms with Crippen molar-refractivity contribution < 1.29 is 62.6 Å². The van der Waals surface area contributed by atoms with Gasteiger partial charge in [0.15, 0.2) is 0 Å². The molecule has 0 fully saturated rings. The molecule has 1 aromatic rings. The Kier molecular flexibility index (Phi) is 7.08. The lowest BCUT2D eigenvalue weighted by Crippen LogP contribution is -2.66. The first-order valence-corrected chi connectivity index (χ1v) is 7.66. The monoisotopic (exact) mass is 462 g/mol. The fourth-order valence-corrected chi connectivity index (χ4v) is 2.25. The zero-order chi connectivity index (χ0) is 23.8. The zero-order valence-electron chi connectivity index (χ0n) is 15.0. The minimum absolute atomic E-state index is 0.121. The highest BCUT2D eigenvalue weighted by atomic mass is 19.4. The Morgan fingerprint density at radius 3 is 1.63 bits per heavy atom. The Labute approximate surface area is 161 Å². The summed E-state index contributed by atoms with van der Waals surface area (Å²) in [4.78, 5) is 11.3. The first kappa shape index (κ1) is 25.9. The predicted octanol–water partition coefficient (Wildman–Crippen LogP) is 5.65. The molecule has 0 aromatic heterocycles. The Morgan fingerprint density at radius 1 is 0.800 bits per heavy atom. The van der Waals surface area contributed by atoms with Crippen LogP contribution in [0.25, 0.3) is 0 Å². The number of methoxy groups -OCH3 is 2. The average molecular weight is 462 g/mol. The van der Waals surface area contributed by atoms with Crippen LogP contribution in [0.15, 0.2) is 24.3 Å². The lowest BCUT2D eigenvalue weighted by molar-refractivity contribution is -0.423. The number of rotatable bonds is 8. The topological polar surface area (TPSA) is 35.5 Å². The number of carbonyl (C=O) groups excluding carboxylic acids is 1. The van der Waals surface area contributed by atoms with Gasteiger partial charge in [0.25, 0.3) is 0 Å². The van der Waals surface area contributed by atoms with Crippen LogP contribution in [-0.4, -0.2) is 50.1 Å². The predicted molar refractivity (Wildman–Crippen MR) is 78.0 cm³/mol. The van der Waals surface area contributed by atoms with Crippen molar-refractivity contribution in [2.75, 3.05) is 14.2 Å². The second-order valence-corrected chi connectivity index (χ2v) is 5.97. The van der Waals surface area contributed by atoms with Crippen LogP contribution < -0.4 is 0 Å². The van der Waals surface area contributed by atoms with Gasteiger partial charge in [-0.25, -0.2) is 4.79 Å². The van der Waals surface area contributed by atoms with Crippen molar-refractivity contribution in [1.29, 1.82) is 0 Å². The molecule has 0 aliphatic rings. The van der Waals surface area contributed by atoms with E-state index < -0.39 is 48.4 Å². The number of hydrogen-bond acceptors (Lipinski definition) is 3. The van der Waals surface area contributed by atoms with Crippen molar-refractivity contribution in [2.24, 2.45) is 0 Å². The van der Waals surface area contributed by atoms with Crippen molar-refractivity contribution in [1.82, 2.24) is 0 Å². The Bertz CT molecular complexity index is 742. The number of esters is 1. The number of halogens is 11. The summed E-state index contributed by atoms with van der Waals surface area (Å²) in [7, 11) is 1.68. The van der Waals surface area contributed by atoms with Crippen molar-refractivity contribution in [3.8, 4) is 0 Å². The van der Waals surface area contributed by atoms with Gasteiger partial charge in [-0.05, 0) is 17.7 Å². The van der Waals surface area contributed by atoms with Crippen LogP contribution in [0, 0.1) is 0 Å². The van der Waals surface area contributed by atoms with E-state index in [4.69, 9.17) is 0 Å². The van der Waals surface area contributed by atoms with E-state index in [0.29, 0.717) is 7.11 Å². The second-order valence-electron chi connectivity index (χ2n) is 5.97. The molecule has 30 heavy (non-hydrogen) atoms. The lowest BCUT2D eigenvalue weighted by atomic mass is 9.92. The molecule has 0 spiro atoms. The number of alkyl halides is 11. The molecule has 0 saturated heterocycles. The van der Waals surface area contributed by atoms with Crippen molar-refractivity contribution in [2.45, 2.75) is 42.4 Å². The normalized spacial score (nSPS) is 15.1. The van der Waals surface area contributed by atoms with Gasteiger partial charge in [-0.15, -0.1) is 0 Å². The molecule has 0 aliphatic heterocycles. The SMILES string of the molecule is COC(=O)c1ccc(C(CC(F)(F)C(F)(F)C(F)(F)C(F)(F)C(F)(F)F)OC)cc1. The molecule has 0 aliphatic carbocycles. The summed E-state index contributed by atoms with van der Waals surface area (Å²) in [5.74, 6) is -29.0. The third kappa shape index (κ3) is 4.32. The van der Waals surface area contributed by atoms with E-state index in [1.54, 1.807) is 0 Å². The van der Waals surface area contributed by atoms with Gasteiger partial charge in [0.05, 0.1) is 18.8 Å². The molecule has 1 atom stereocenters. The van der Waals surface area contributed by atoms with Crippen LogP contribution in [-0.2, 0) is 9.47 Å². The van der Waals surface area contributed by atoms with E-state index in [2.05, 4.69) is 9.47 Å². The third-order valence-corrected chi connectivity index (χ3v) is 4.03. The zero-order valence-corrected chi connectivity index (χ0v) is 15.0. The minimum atomic E-state index is -7.48. The van der Waals surface area contributed by atoms with Crippen LogP contribution in [0.1, 0.15) is 28.4 Å². The molecule has 0 bridgehead atoms. The fourth-order valence-electron chi connectivity index (χ4n) is 2.25. The largest absolute Gasteiger partial charge is 0.465 e. The Balaban J connectivity index is 3.26. The van der Waals surface area contributed by atoms with E-state index in [0.717, 1.165) is 31.4 Å². The van der Waals surface area contributed by atoms with E-state index in [1.165, 1.54) is 0 Å². The van der Waals surface area contributed by atoms with Gasteiger partial charge in [-0.3, -0.25) is 0 Å². The van der Waals surface area contributed by atoms with Crippen LogP contribution in [0.2, 0.25) is 0 Å². The van der Waals surface area contributed by atoms with Crippen LogP contribution in [0.4, 0.5) is 48.3 Å². The quantitative estimate of drug-likeness (QED) is 0.370. The van der Waals surface area contributed by atoms with Gasteiger partial charge in [-0.2, -0.15) is 48.3 Å². The fraction of sp³-hybridized carbons (Fsp3) is 0.562. The summed E-state index contributed by atoms with van der Waals surface area (Å²) in [6, 6.07) is 3.71. The maximum absolute atomic E-state index is 13.9. The van der Waals surface area contributed by atoms with Gasteiger partial charge < -0.3 is 9.47 Å². The summed E-state index contributed by atoms with van der Waals surface area (Å²) >= 11 is 0. The van der Waals surface area contributed by atoms with Crippen molar-refractivity contribution in [3.05, 3.63) is 35.4 Å². The highest BCUT2D eigenvalue weighted by Gasteiger charge is 2.87. The average Bonchev–Trinajstić information content (AvgIpc) is 2.64. The second kappa shape index (κ2) is 8.19. The smallest absolute Gasteiger partial charge is 0.460 e. The highest BCUT2D eigenvalue weighted by Crippen LogP contribution is 2.58. The van der Waals surface area contributed by atoms with E-state index in [-0.39, 0.29) is 11.1 Å². The van der Waals surface area contributed by atoms with Gasteiger partial charge >= 0.3 is 35.8 Å². The van der Waals surface area contributed by atoms with Gasteiger partial charge in [0, 0.05) is 13.5 Å². The number of hydrogen-bond donors (Lipinski definition) is 0. The van der Waals surface area contributed by atoms with Gasteiger partial charge in [-0.1, -0.05) is 12.1 Å². The molecule has 0 amide bonds. The first-order chi connectivity index (χ1) is 13.4. The molecular weight excluding hydrogens is 449 g/mol. The van der Waals surface area contributed by atoms with Gasteiger partial charge in [0.2, 0.25) is 0 Å². The number of benzene rings is 1. The van der Waals surface area contributed by atoms with Crippen molar-refractivity contribution in [3.63, 3.8) is 0 Å². The summed E-state index contributed by atoms with van der Waals surface area (Å²) in [6.45, 7) is 0. The highest BCUT2D eigenvalue weighted by molar-refractivity contribution is 5.89. The molecule has 3 nitrogen and oxygen atoms in total. The standard InChI is InChI=1S/C16H13F11O3/c1-29-10(8-3-5-9(6-4-8)11(28)30-2)7-12(17,18)13(19,20)14(21,22)15(23,24)16(25,26)27/h3-6,10H,7H2,1-2H3. The molecule has 0 saturated carbocycles. The first-order valence-electron chi connectivity index (χ1n) is 7.66. The molecule has 0 radical (unpaired) electrons.